The number of hydrogen-bond donors (Lipinski definition) is 1. The van der Waals surface area contributed by atoms with E-state index in [2.05, 4.69) is 10.3 Å². The van der Waals surface area contributed by atoms with Gasteiger partial charge in [-0.15, -0.1) is 0 Å². The maximum Gasteiger partial charge on any atom is 0.199 e. The molecule has 27 heavy (non-hydrogen) atoms. The molecule has 0 aliphatic carbocycles. The van der Waals surface area contributed by atoms with Crippen LogP contribution in [0.25, 0.3) is 0 Å². The topological polar surface area (TPSA) is 59.1 Å². The second kappa shape index (κ2) is 8.72. The average molecular weight is 393 g/mol. The molecule has 1 aromatic heterocycles. The summed E-state index contributed by atoms with van der Waals surface area (Å²) in [4.78, 5) is 28.2. The second-order valence-electron chi connectivity index (χ2n) is 7.26. The van der Waals surface area contributed by atoms with Crippen LogP contribution in [0.4, 0.5) is 4.39 Å². The first-order valence-electron chi connectivity index (χ1n) is 8.86. The molecule has 2 aromatic rings. The number of pyridine rings is 1. The van der Waals surface area contributed by atoms with Gasteiger partial charge < -0.3 is 5.32 Å². The molecule has 0 aliphatic heterocycles. The van der Waals surface area contributed by atoms with Crippen LogP contribution in [0.15, 0.2) is 36.7 Å². The lowest BCUT2D eigenvalue weighted by Crippen LogP contribution is -2.43. The molecule has 1 atom stereocenters. The van der Waals surface area contributed by atoms with Gasteiger partial charge in [-0.1, -0.05) is 24.6 Å². The van der Waals surface area contributed by atoms with Crippen molar-refractivity contribution >= 4 is 23.2 Å². The van der Waals surface area contributed by atoms with Crippen molar-refractivity contribution in [1.29, 1.82) is 0 Å². The summed E-state index contributed by atoms with van der Waals surface area (Å²) in [7, 11) is 0. The number of benzene rings is 1. The van der Waals surface area contributed by atoms with Crippen molar-refractivity contribution in [2.24, 2.45) is 0 Å². The average Bonchev–Trinajstić information content (AvgIpc) is 2.59. The first kappa shape index (κ1) is 21.2. The molecule has 0 spiro atoms. The molecule has 0 amide bonds. The summed E-state index contributed by atoms with van der Waals surface area (Å²) in [5, 5.41) is 3.39. The van der Waals surface area contributed by atoms with Crippen molar-refractivity contribution in [3.8, 4) is 0 Å². The molecule has 2 rings (SSSR count). The molecule has 0 aliphatic rings. The highest BCUT2D eigenvalue weighted by Crippen LogP contribution is 2.31. The van der Waals surface area contributed by atoms with Crippen LogP contribution in [0.1, 0.15) is 69.5 Å². The van der Waals surface area contributed by atoms with Crippen molar-refractivity contribution in [2.75, 3.05) is 0 Å². The molecule has 1 aromatic carbocycles. The zero-order valence-electron chi connectivity index (χ0n) is 16.0. The number of Topliss-reactive ketones (excluding diaryl/α,β-unsaturated/α-hetero) is 1. The van der Waals surface area contributed by atoms with E-state index < -0.39 is 17.1 Å². The summed E-state index contributed by atoms with van der Waals surface area (Å²) in [6.45, 7) is 7.23. The third kappa shape index (κ3) is 5.21. The van der Waals surface area contributed by atoms with Crippen molar-refractivity contribution in [3.05, 3.63) is 64.2 Å². The van der Waals surface area contributed by atoms with E-state index in [9.17, 15) is 9.59 Å². The molecular formula is C21H26ClFN2O2. The third-order valence-corrected chi connectivity index (χ3v) is 4.63. The summed E-state index contributed by atoms with van der Waals surface area (Å²) in [5.74, 6) is -1.11. The van der Waals surface area contributed by atoms with Gasteiger partial charge in [0.05, 0.1) is 10.6 Å². The van der Waals surface area contributed by atoms with Gasteiger partial charge in [0.15, 0.2) is 5.78 Å². The van der Waals surface area contributed by atoms with Gasteiger partial charge in [0.2, 0.25) is 0 Å². The van der Waals surface area contributed by atoms with Crippen molar-refractivity contribution in [3.63, 3.8) is 0 Å². The molecule has 146 valence electrons. The predicted molar refractivity (Wildman–Crippen MR) is 107 cm³/mol. The van der Waals surface area contributed by atoms with Gasteiger partial charge in [0.1, 0.15) is 11.6 Å². The Bertz CT molecular complexity index is 844. The summed E-state index contributed by atoms with van der Waals surface area (Å²) in [5.41, 5.74) is -0.0440. The van der Waals surface area contributed by atoms with Crippen LogP contribution >= 0.6 is 11.6 Å². The largest absolute Gasteiger partial charge is 0.304 e. The minimum atomic E-state index is -0.644. The van der Waals surface area contributed by atoms with Crippen LogP contribution in [0.5, 0.6) is 0 Å². The zero-order chi connectivity index (χ0) is 20.2. The molecular weight excluding hydrogens is 367 g/mol. The minimum absolute atomic E-state index is 0. The lowest BCUT2D eigenvalue weighted by Gasteiger charge is -2.31. The van der Waals surface area contributed by atoms with E-state index in [1.807, 2.05) is 20.8 Å². The minimum Gasteiger partial charge on any atom is -0.304 e. The van der Waals surface area contributed by atoms with Gasteiger partial charge in [-0.25, -0.2) is 4.39 Å². The predicted octanol–water partition coefficient (Wildman–Crippen LogP) is 5.15. The first-order chi connectivity index (χ1) is 12.7. The third-order valence-electron chi connectivity index (χ3n) is 4.31. The van der Waals surface area contributed by atoms with Crippen LogP contribution in [0.3, 0.4) is 0 Å². The Labute approximate surface area is 165 Å². The number of nitrogens with one attached hydrogen (secondary N) is 1. The quantitative estimate of drug-likeness (QED) is 0.631. The van der Waals surface area contributed by atoms with Gasteiger partial charge in [0, 0.05) is 42.9 Å². The van der Waals surface area contributed by atoms with Crippen molar-refractivity contribution in [1.82, 2.24) is 10.3 Å². The SMILES string of the molecule is CC[C@@H](NC(C)(C)CC(C)=O)c1ccc(Cl)c(C(=O)c2cccnc2)c1F.[HH]. The number of halogens is 2. The fourth-order valence-electron chi connectivity index (χ4n) is 3.23. The number of carbonyl (C=O) groups excluding carboxylic acids is 2. The fourth-order valence-corrected chi connectivity index (χ4v) is 3.46. The molecule has 0 bridgehead atoms. The fraction of sp³-hybridized carbons (Fsp3) is 0.381. The van der Waals surface area contributed by atoms with Gasteiger partial charge in [0.25, 0.3) is 0 Å². The lowest BCUT2D eigenvalue weighted by atomic mass is 9.92. The van der Waals surface area contributed by atoms with Crippen LogP contribution < -0.4 is 5.32 Å². The van der Waals surface area contributed by atoms with Crippen molar-refractivity contribution < 1.29 is 15.4 Å². The number of nitrogens with zero attached hydrogens (tertiary/aromatic N) is 1. The number of ketones is 2. The molecule has 0 saturated carbocycles. The summed E-state index contributed by atoms with van der Waals surface area (Å²) in [6.07, 6.45) is 3.83. The van der Waals surface area contributed by atoms with Gasteiger partial charge in [-0.05, 0) is 45.4 Å². The monoisotopic (exact) mass is 392 g/mol. The van der Waals surface area contributed by atoms with Crippen LogP contribution in [0.2, 0.25) is 5.02 Å². The van der Waals surface area contributed by atoms with Gasteiger partial charge in [-0.3, -0.25) is 14.6 Å². The first-order valence-corrected chi connectivity index (χ1v) is 9.24. The van der Waals surface area contributed by atoms with E-state index >= 15 is 4.39 Å². The van der Waals surface area contributed by atoms with Crippen LogP contribution in [-0.4, -0.2) is 22.1 Å². The normalized spacial score (nSPS) is 12.7. The smallest absolute Gasteiger partial charge is 0.199 e. The van der Waals surface area contributed by atoms with Gasteiger partial charge in [-0.2, -0.15) is 0 Å². The summed E-state index contributed by atoms with van der Waals surface area (Å²) in [6, 6.07) is 5.94. The molecule has 0 saturated heterocycles. The lowest BCUT2D eigenvalue weighted by molar-refractivity contribution is -0.118. The Morgan fingerprint density at radius 3 is 2.59 bits per heavy atom. The second-order valence-corrected chi connectivity index (χ2v) is 7.67. The molecule has 6 heteroatoms. The Balaban J connectivity index is 0.00000392. The van der Waals surface area contributed by atoms with Crippen LogP contribution in [0, 0.1) is 5.82 Å². The molecule has 1 heterocycles. The standard InChI is InChI=1S/C21H24ClFN2O2.H2/c1-5-17(25-21(3,4)11-13(2)26)15-8-9-16(22)18(19(15)23)20(27)14-7-6-10-24-12-14;/h6-10,12,17,25H,5,11H2,1-4H3;1H/t17-;/m1./s1. The maximum absolute atomic E-state index is 15.3. The highest BCUT2D eigenvalue weighted by atomic mass is 35.5. The summed E-state index contributed by atoms with van der Waals surface area (Å²) < 4.78 is 15.3. The van der Waals surface area contributed by atoms with E-state index in [1.54, 1.807) is 24.4 Å². The Kier molecular flexibility index (Phi) is 6.84. The maximum atomic E-state index is 15.3. The molecule has 0 fully saturated rings. The molecule has 4 nitrogen and oxygen atoms in total. The molecule has 0 radical (unpaired) electrons. The molecule has 0 unspecified atom stereocenters. The van der Waals surface area contributed by atoms with Gasteiger partial charge >= 0.3 is 0 Å². The molecule has 1 N–H and O–H groups in total. The Morgan fingerprint density at radius 1 is 1.33 bits per heavy atom. The van der Waals surface area contributed by atoms with E-state index in [0.717, 1.165) is 0 Å². The summed E-state index contributed by atoms with van der Waals surface area (Å²) >= 11 is 6.15. The Hall–Kier alpha value is -2.11. The Morgan fingerprint density at radius 2 is 2.04 bits per heavy atom. The number of hydrogen-bond acceptors (Lipinski definition) is 4. The van der Waals surface area contributed by atoms with E-state index in [-0.39, 0.29) is 29.4 Å². The van der Waals surface area contributed by atoms with Crippen LogP contribution in [-0.2, 0) is 4.79 Å². The highest BCUT2D eigenvalue weighted by molar-refractivity contribution is 6.35. The number of aromatic nitrogens is 1. The number of carbonyl (C=O) groups is 2. The van der Waals surface area contributed by atoms with Crippen molar-refractivity contribution in [2.45, 2.75) is 52.1 Å². The van der Waals surface area contributed by atoms with E-state index in [4.69, 9.17) is 11.6 Å². The van der Waals surface area contributed by atoms with E-state index in [1.165, 1.54) is 19.2 Å². The highest BCUT2D eigenvalue weighted by Gasteiger charge is 2.28. The van der Waals surface area contributed by atoms with E-state index in [0.29, 0.717) is 18.4 Å². The zero-order valence-corrected chi connectivity index (χ0v) is 16.7. The number of rotatable bonds is 8.